The highest BCUT2D eigenvalue weighted by Crippen LogP contribution is 2.12. The molecule has 0 bridgehead atoms. The third-order valence-corrected chi connectivity index (χ3v) is 11.0. The average Bonchev–Trinajstić information content (AvgIpc) is 3.32. The third-order valence-electron chi connectivity index (χ3n) is 11.0. The maximum absolute atomic E-state index is 12.8. The number of allylic oxidation sites excluding steroid dienone is 20. The number of hydrogen-bond donors (Lipinski definition) is 0. The minimum atomic E-state index is -0.584. The third kappa shape index (κ3) is 52.9. The number of esters is 2. The molecule has 1 atom stereocenters. The lowest BCUT2D eigenvalue weighted by Crippen LogP contribution is -2.30. The molecular formula is C61H100O5. The molecule has 0 N–H and O–H groups in total. The number of carbonyl (C=O) groups excluding carboxylic acids is 2. The van der Waals surface area contributed by atoms with Crippen molar-refractivity contribution in [2.24, 2.45) is 0 Å². The highest BCUT2D eigenvalue weighted by molar-refractivity contribution is 5.70. The molecule has 0 saturated heterocycles. The summed E-state index contributed by atoms with van der Waals surface area (Å²) >= 11 is 0. The van der Waals surface area contributed by atoms with Crippen molar-refractivity contribution in [1.82, 2.24) is 0 Å². The summed E-state index contributed by atoms with van der Waals surface area (Å²) in [5.41, 5.74) is 0. The van der Waals surface area contributed by atoms with Crippen molar-refractivity contribution in [3.63, 3.8) is 0 Å². The number of unbranched alkanes of at least 4 members (excludes halogenated alkanes) is 17. The van der Waals surface area contributed by atoms with Gasteiger partial charge in [-0.15, -0.1) is 0 Å². The van der Waals surface area contributed by atoms with Gasteiger partial charge in [0.2, 0.25) is 0 Å². The molecule has 374 valence electrons. The molecule has 0 fully saturated rings. The second-order valence-electron chi connectivity index (χ2n) is 17.4. The Labute approximate surface area is 407 Å². The molecule has 0 radical (unpaired) electrons. The van der Waals surface area contributed by atoms with E-state index < -0.39 is 6.10 Å². The standard InChI is InChI=1S/C61H100O5/c1-4-7-10-13-16-19-22-24-26-28-30-32-34-36-38-41-44-47-50-53-56-64-57-59(66-61(63)55-52-49-46-43-39-21-18-15-12-9-6-3)58-65-60(62)54-51-48-45-42-40-37-35-33-31-29-27-25-23-20-17-14-11-8-5-2/h8,11,15-20,24-27,30-33,37,40,45,48,59H,4-7,9-10,12-14,21-23,28-29,34-36,38-39,41-44,46-47,49-58H2,1-3H3/b11-8-,18-15-,19-16-,20-17-,26-24-,27-25-,32-30-,33-31-,40-37-,48-45-. The van der Waals surface area contributed by atoms with Gasteiger partial charge < -0.3 is 14.2 Å². The zero-order chi connectivity index (χ0) is 47.7. The van der Waals surface area contributed by atoms with E-state index >= 15 is 0 Å². The van der Waals surface area contributed by atoms with Gasteiger partial charge in [0.05, 0.1) is 6.61 Å². The Hall–Kier alpha value is -3.70. The molecule has 0 amide bonds. The van der Waals surface area contributed by atoms with Crippen LogP contribution in [0.1, 0.15) is 226 Å². The van der Waals surface area contributed by atoms with Gasteiger partial charge in [0.1, 0.15) is 6.61 Å². The van der Waals surface area contributed by atoms with Crippen molar-refractivity contribution >= 4 is 11.9 Å². The Morgan fingerprint density at radius 3 is 1.21 bits per heavy atom. The molecule has 0 aliphatic rings. The quantitative estimate of drug-likeness (QED) is 0.0346. The summed E-state index contributed by atoms with van der Waals surface area (Å²) in [5, 5.41) is 0. The van der Waals surface area contributed by atoms with Crippen LogP contribution in [0, 0.1) is 0 Å². The Morgan fingerprint density at radius 2 is 0.727 bits per heavy atom. The summed E-state index contributed by atoms with van der Waals surface area (Å²) in [7, 11) is 0. The maximum atomic E-state index is 12.8. The fourth-order valence-electron chi connectivity index (χ4n) is 6.93. The van der Waals surface area contributed by atoms with Gasteiger partial charge in [-0.1, -0.05) is 219 Å². The van der Waals surface area contributed by atoms with Crippen LogP contribution in [0.4, 0.5) is 0 Å². The lowest BCUT2D eigenvalue weighted by atomic mass is 10.1. The number of rotatable bonds is 48. The van der Waals surface area contributed by atoms with Crippen LogP contribution in [-0.4, -0.2) is 37.9 Å². The Morgan fingerprint density at radius 1 is 0.348 bits per heavy atom. The minimum absolute atomic E-state index is 0.0306. The second-order valence-corrected chi connectivity index (χ2v) is 17.4. The number of carbonyl (C=O) groups is 2. The topological polar surface area (TPSA) is 61.8 Å². The Kier molecular flexibility index (Phi) is 52.5. The first kappa shape index (κ1) is 62.3. The summed E-state index contributed by atoms with van der Waals surface area (Å²) in [6.07, 6.45) is 78.0. The maximum Gasteiger partial charge on any atom is 0.306 e. The normalized spacial score (nSPS) is 13.2. The zero-order valence-corrected chi connectivity index (χ0v) is 42.9. The molecule has 0 aromatic heterocycles. The van der Waals surface area contributed by atoms with E-state index in [1.54, 1.807) is 0 Å². The molecule has 1 unspecified atom stereocenters. The smallest absolute Gasteiger partial charge is 0.306 e. The van der Waals surface area contributed by atoms with E-state index in [1.807, 2.05) is 6.08 Å². The lowest BCUT2D eigenvalue weighted by Gasteiger charge is -2.18. The van der Waals surface area contributed by atoms with Crippen LogP contribution in [0.15, 0.2) is 122 Å². The predicted molar refractivity (Wildman–Crippen MR) is 288 cm³/mol. The first-order valence-electron chi connectivity index (χ1n) is 27.1. The molecule has 0 rings (SSSR count). The van der Waals surface area contributed by atoms with Gasteiger partial charge in [-0.2, -0.15) is 0 Å². The molecular weight excluding hydrogens is 813 g/mol. The van der Waals surface area contributed by atoms with Gasteiger partial charge in [-0.3, -0.25) is 9.59 Å². The summed E-state index contributed by atoms with van der Waals surface area (Å²) in [6.45, 7) is 7.53. The van der Waals surface area contributed by atoms with Crippen molar-refractivity contribution < 1.29 is 23.8 Å². The van der Waals surface area contributed by atoms with Crippen LogP contribution in [0.5, 0.6) is 0 Å². The highest BCUT2D eigenvalue weighted by atomic mass is 16.6. The molecule has 0 aliphatic carbocycles. The van der Waals surface area contributed by atoms with Crippen LogP contribution < -0.4 is 0 Å². The Bertz CT molecular complexity index is 1350. The summed E-state index contributed by atoms with van der Waals surface area (Å²) in [5.74, 6) is -0.517. The molecule has 0 heterocycles. The van der Waals surface area contributed by atoms with Gasteiger partial charge in [-0.05, 0) is 116 Å². The SMILES string of the molecule is CC/C=C\C/C=C\C/C=C\C/C=C\C/C=C\C/C=C\CCC(=O)OCC(COCCCCCCCCC/C=C\C/C=C\C/C=C\CCCCC)OC(=O)CCCCCCC/C=C\CCCC. The van der Waals surface area contributed by atoms with Gasteiger partial charge in [0.15, 0.2) is 6.10 Å². The summed E-state index contributed by atoms with van der Waals surface area (Å²) in [4.78, 5) is 25.4. The Balaban J connectivity index is 4.38. The number of hydrogen-bond acceptors (Lipinski definition) is 5. The summed E-state index contributed by atoms with van der Waals surface area (Å²) in [6, 6.07) is 0. The van der Waals surface area contributed by atoms with Crippen molar-refractivity contribution in [2.45, 2.75) is 232 Å². The second kappa shape index (κ2) is 55.6. The van der Waals surface area contributed by atoms with Crippen molar-refractivity contribution in [3.8, 4) is 0 Å². The largest absolute Gasteiger partial charge is 0.462 e. The average molecular weight is 913 g/mol. The first-order valence-corrected chi connectivity index (χ1v) is 27.1. The predicted octanol–water partition coefficient (Wildman–Crippen LogP) is 18.6. The molecule has 0 aliphatic heterocycles. The van der Waals surface area contributed by atoms with Gasteiger partial charge >= 0.3 is 11.9 Å². The molecule has 0 aromatic rings. The first-order chi connectivity index (χ1) is 32.6. The van der Waals surface area contributed by atoms with E-state index in [2.05, 4.69) is 136 Å². The van der Waals surface area contributed by atoms with Crippen LogP contribution in [0.3, 0.4) is 0 Å². The lowest BCUT2D eigenvalue weighted by molar-refractivity contribution is -0.162. The fraction of sp³-hybridized carbons (Fsp3) is 0.639. The van der Waals surface area contributed by atoms with Crippen LogP contribution in [0.2, 0.25) is 0 Å². The van der Waals surface area contributed by atoms with Crippen LogP contribution in [-0.2, 0) is 23.8 Å². The van der Waals surface area contributed by atoms with Crippen molar-refractivity contribution in [1.29, 1.82) is 0 Å². The van der Waals surface area contributed by atoms with E-state index in [0.29, 0.717) is 25.9 Å². The van der Waals surface area contributed by atoms with Crippen molar-refractivity contribution in [2.75, 3.05) is 19.8 Å². The van der Waals surface area contributed by atoms with Gasteiger partial charge in [-0.25, -0.2) is 0 Å². The molecule has 5 nitrogen and oxygen atoms in total. The molecule has 5 heteroatoms. The molecule has 66 heavy (non-hydrogen) atoms. The minimum Gasteiger partial charge on any atom is -0.462 e. The monoisotopic (exact) mass is 913 g/mol. The van der Waals surface area contributed by atoms with Gasteiger partial charge in [0, 0.05) is 19.4 Å². The number of ether oxygens (including phenoxy) is 3. The van der Waals surface area contributed by atoms with E-state index in [1.165, 1.54) is 96.3 Å². The highest BCUT2D eigenvalue weighted by Gasteiger charge is 2.17. The molecule has 0 saturated carbocycles. The van der Waals surface area contributed by atoms with Gasteiger partial charge in [0.25, 0.3) is 0 Å². The molecule has 0 aromatic carbocycles. The zero-order valence-electron chi connectivity index (χ0n) is 42.9. The van der Waals surface area contributed by atoms with E-state index in [9.17, 15) is 9.59 Å². The van der Waals surface area contributed by atoms with Crippen LogP contribution in [0.25, 0.3) is 0 Å². The van der Waals surface area contributed by atoms with E-state index in [0.717, 1.165) is 89.9 Å². The van der Waals surface area contributed by atoms with E-state index in [-0.39, 0.29) is 25.2 Å². The van der Waals surface area contributed by atoms with Crippen LogP contribution >= 0.6 is 0 Å². The van der Waals surface area contributed by atoms with Crippen molar-refractivity contribution in [3.05, 3.63) is 122 Å². The summed E-state index contributed by atoms with van der Waals surface area (Å²) < 4.78 is 17.3. The fourth-order valence-corrected chi connectivity index (χ4v) is 6.93. The molecule has 0 spiro atoms. The van der Waals surface area contributed by atoms with E-state index in [4.69, 9.17) is 14.2 Å².